The Balaban J connectivity index is 2.19. The third kappa shape index (κ3) is 2.90. The van der Waals surface area contributed by atoms with Crippen LogP contribution in [0, 0.1) is 11.6 Å². The molecule has 1 aromatic heterocycles. The number of carbonyl (C=O) groups is 1. The average molecular weight is 282 g/mol. The van der Waals surface area contributed by atoms with Crippen molar-refractivity contribution in [3.8, 4) is 0 Å². The highest BCUT2D eigenvalue weighted by Crippen LogP contribution is 2.20. The van der Waals surface area contributed by atoms with Crippen molar-refractivity contribution in [3.63, 3.8) is 0 Å². The van der Waals surface area contributed by atoms with Crippen molar-refractivity contribution >= 4 is 22.9 Å². The van der Waals surface area contributed by atoms with Gasteiger partial charge in [0.2, 0.25) is 0 Å². The van der Waals surface area contributed by atoms with E-state index < -0.39 is 17.5 Å². The predicted octanol–water partition coefficient (Wildman–Crippen LogP) is 3.10. The Morgan fingerprint density at radius 1 is 1.37 bits per heavy atom. The number of hydrogen-bond donors (Lipinski definition) is 2. The normalized spacial score (nSPS) is 12.2. The van der Waals surface area contributed by atoms with Crippen LogP contribution < -0.4 is 11.1 Å². The summed E-state index contributed by atoms with van der Waals surface area (Å²) in [6.45, 7) is 1.80. The molecule has 0 saturated carbocycles. The molecule has 3 nitrogen and oxygen atoms in total. The Hall–Kier alpha value is -1.95. The summed E-state index contributed by atoms with van der Waals surface area (Å²) < 4.78 is 26.0. The van der Waals surface area contributed by atoms with Crippen LogP contribution in [-0.4, -0.2) is 5.91 Å². The van der Waals surface area contributed by atoms with E-state index in [1.165, 1.54) is 11.3 Å². The van der Waals surface area contributed by atoms with Gasteiger partial charge in [0.25, 0.3) is 5.91 Å². The zero-order chi connectivity index (χ0) is 14.0. The third-order valence-corrected chi connectivity index (χ3v) is 3.43. The molecule has 100 valence electrons. The lowest BCUT2D eigenvalue weighted by atomic mass is 10.1. The van der Waals surface area contributed by atoms with Gasteiger partial charge in [-0.25, -0.2) is 8.78 Å². The SMILES string of the molecule is CC(NC(=O)c1cc(F)c(F)cc1N)c1ccsc1. The summed E-state index contributed by atoms with van der Waals surface area (Å²) in [6.07, 6.45) is 0. The molecule has 0 aliphatic heterocycles. The number of anilines is 1. The second-order valence-electron chi connectivity index (χ2n) is 4.11. The topological polar surface area (TPSA) is 55.1 Å². The molecule has 0 saturated heterocycles. The minimum atomic E-state index is -1.09. The number of rotatable bonds is 3. The maximum absolute atomic E-state index is 13.1. The number of nitrogen functional groups attached to an aromatic ring is 1. The highest BCUT2D eigenvalue weighted by atomic mass is 32.1. The van der Waals surface area contributed by atoms with Crippen molar-refractivity contribution in [1.82, 2.24) is 5.32 Å². The summed E-state index contributed by atoms with van der Waals surface area (Å²) in [7, 11) is 0. The molecule has 1 amide bonds. The Morgan fingerprint density at radius 2 is 2.05 bits per heavy atom. The summed E-state index contributed by atoms with van der Waals surface area (Å²) in [5, 5.41) is 6.48. The largest absolute Gasteiger partial charge is 0.398 e. The van der Waals surface area contributed by atoms with Gasteiger partial charge in [0.1, 0.15) is 0 Å². The first kappa shape index (κ1) is 13.5. The molecule has 6 heteroatoms. The number of amides is 1. The molecule has 0 radical (unpaired) electrons. The summed E-state index contributed by atoms with van der Waals surface area (Å²) in [4.78, 5) is 12.0. The predicted molar refractivity (Wildman–Crippen MR) is 71.0 cm³/mol. The first-order chi connectivity index (χ1) is 8.99. The number of carbonyl (C=O) groups excluding carboxylic acids is 1. The quantitative estimate of drug-likeness (QED) is 0.850. The maximum Gasteiger partial charge on any atom is 0.253 e. The maximum atomic E-state index is 13.1. The molecule has 0 aliphatic rings. The van der Waals surface area contributed by atoms with Crippen LogP contribution in [0.2, 0.25) is 0 Å². The number of hydrogen-bond acceptors (Lipinski definition) is 3. The van der Waals surface area contributed by atoms with E-state index in [9.17, 15) is 13.6 Å². The number of thiophene rings is 1. The van der Waals surface area contributed by atoms with E-state index in [-0.39, 0.29) is 17.3 Å². The van der Waals surface area contributed by atoms with Crippen molar-refractivity contribution in [2.75, 3.05) is 5.73 Å². The molecule has 3 N–H and O–H groups in total. The van der Waals surface area contributed by atoms with Crippen molar-refractivity contribution in [2.24, 2.45) is 0 Å². The summed E-state index contributed by atoms with van der Waals surface area (Å²) in [5.74, 6) is -2.70. The van der Waals surface area contributed by atoms with Crippen LogP contribution in [-0.2, 0) is 0 Å². The molecule has 19 heavy (non-hydrogen) atoms. The minimum absolute atomic E-state index is 0.0685. The van der Waals surface area contributed by atoms with Crippen LogP contribution >= 0.6 is 11.3 Å². The Kier molecular flexibility index (Phi) is 3.80. The van der Waals surface area contributed by atoms with Crippen molar-refractivity contribution in [3.05, 3.63) is 51.7 Å². The Bertz CT molecular complexity index is 599. The van der Waals surface area contributed by atoms with Gasteiger partial charge in [-0.15, -0.1) is 0 Å². The highest BCUT2D eigenvalue weighted by Gasteiger charge is 2.16. The second kappa shape index (κ2) is 5.36. The van der Waals surface area contributed by atoms with E-state index in [2.05, 4.69) is 5.32 Å². The van der Waals surface area contributed by atoms with Gasteiger partial charge in [-0.05, 0) is 35.4 Å². The summed E-state index contributed by atoms with van der Waals surface area (Å²) in [6, 6.07) is 3.26. The number of nitrogens with two attached hydrogens (primary N) is 1. The zero-order valence-corrected chi connectivity index (χ0v) is 10.9. The van der Waals surface area contributed by atoms with Crippen molar-refractivity contribution in [2.45, 2.75) is 13.0 Å². The van der Waals surface area contributed by atoms with Crippen LogP contribution in [0.5, 0.6) is 0 Å². The monoisotopic (exact) mass is 282 g/mol. The first-order valence-corrected chi connectivity index (χ1v) is 6.51. The number of nitrogens with one attached hydrogen (secondary N) is 1. The molecule has 0 aliphatic carbocycles. The smallest absolute Gasteiger partial charge is 0.253 e. The summed E-state index contributed by atoms with van der Waals surface area (Å²) >= 11 is 1.51. The fraction of sp³-hybridized carbons (Fsp3) is 0.154. The van der Waals surface area contributed by atoms with Gasteiger partial charge >= 0.3 is 0 Å². The van der Waals surface area contributed by atoms with Crippen molar-refractivity contribution in [1.29, 1.82) is 0 Å². The standard InChI is InChI=1S/C13H12F2N2OS/c1-7(8-2-3-19-6-8)17-13(18)9-4-10(14)11(15)5-12(9)16/h2-7H,16H2,1H3,(H,17,18). The van der Waals surface area contributed by atoms with Crippen LogP contribution in [0.25, 0.3) is 0 Å². The first-order valence-electron chi connectivity index (χ1n) is 5.56. The van der Waals surface area contributed by atoms with Crippen molar-refractivity contribution < 1.29 is 13.6 Å². The van der Waals surface area contributed by atoms with Gasteiger partial charge in [-0.1, -0.05) is 0 Å². The summed E-state index contributed by atoms with van der Waals surface area (Å²) in [5.41, 5.74) is 6.31. The molecule has 1 aromatic carbocycles. The third-order valence-electron chi connectivity index (χ3n) is 2.73. The van der Waals surface area contributed by atoms with E-state index in [1.54, 1.807) is 6.92 Å². The molecule has 0 bridgehead atoms. The number of halogens is 2. The number of benzene rings is 1. The van der Waals surface area contributed by atoms with Gasteiger partial charge < -0.3 is 11.1 Å². The second-order valence-corrected chi connectivity index (χ2v) is 4.89. The highest BCUT2D eigenvalue weighted by molar-refractivity contribution is 7.07. The minimum Gasteiger partial charge on any atom is -0.398 e. The van der Waals surface area contributed by atoms with Gasteiger partial charge in [-0.2, -0.15) is 11.3 Å². The van der Waals surface area contributed by atoms with E-state index >= 15 is 0 Å². The average Bonchev–Trinajstić information content (AvgIpc) is 2.87. The van der Waals surface area contributed by atoms with Crippen LogP contribution in [0.15, 0.2) is 29.0 Å². The molecular formula is C13H12F2N2OS. The van der Waals surface area contributed by atoms with Gasteiger partial charge in [0.05, 0.1) is 11.6 Å². The van der Waals surface area contributed by atoms with Gasteiger partial charge in [0.15, 0.2) is 11.6 Å². The lowest BCUT2D eigenvalue weighted by Gasteiger charge is -2.13. The van der Waals surface area contributed by atoms with Crippen LogP contribution in [0.4, 0.5) is 14.5 Å². The van der Waals surface area contributed by atoms with Gasteiger partial charge in [0, 0.05) is 11.8 Å². The molecule has 2 aromatic rings. The molecule has 2 rings (SSSR count). The van der Waals surface area contributed by atoms with E-state index in [0.717, 1.165) is 17.7 Å². The van der Waals surface area contributed by atoms with E-state index in [4.69, 9.17) is 5.73 Å². The van der Waals surface area contributed by atoms with Gasteiger partial charge in [-0.3, -0.25) is 4.79 Å². The molecule has 0 spiro atoms. The fourth-order valence-electron chi connectivity index (χ4n) is 1.64. The van der Waals surface area contributed by atoms with Crippen LogP contribution in [0.1, 0.15) is 28.9 Å². The van der Waals surface area contributed by atoms with E-state index in [0.29, 0.717) is 0 Å². The Labute approximate surface area is 113 Å². The van der Waals surface area contributed by atoms with E-state index in [1.807, 2.05) is 16.8 Å². The fourth-order valence-corrected chi connectivity index (χ4v) is 2.39. The lowest BCUT2D eigenvalue weighted by molar-refractivity contribution is 0.0940. The molecular weight excluding hydrogens is 270 g/mol. The lowest BCUT2D eigenvalue weighted by Crippen LogP contribution is -2.27. The molecule has 0 fully saturated rings. The molecule has 1 unspecified atom stereocenters. The van der Waals surface area contributed by atoms with Crippen LogP contribution in [0.3, 0.4) is 0 Å². The Morgan fingerprint density at radius 3 is 2.68 bits per heavy atom. The molecule has 1 atom stereocenters. The molecule has 1 heterocycles. The zero-order valence-electron chi connectivity index (χ0n) is 10.1.